The zero-order valence-electron chi connectivity index (χ0n) is 11.6. The van der Waals surface area contributed by atoms with Gasteiger partial charge in [0.25, 0.3) is 5.91 Å². The zero-order valence-corrected chi connectivity index (χ0v) is 11.6. The zero-order chi connectivity index (χ0) is 14.5. The first-order valence-corrected chi connectivity index (χ1v) is 6.25. The van der Waals surface area contributed by atoms with Gasteiger partial charge in [0, 0.05) is 32.4 Å². The van der Waals surface area contributed by atoms with E-state index in [9.17, 15) is 4.79 Å². The fourth-order valence-electron chi connectivity index (χ4n) is 1.78. The van der Waals surface area contributed by atoms with Gasteiger partial charge in [0.2, 0.25) is 0 Å². The Hall–Kier alpha value is -2.50. The molecule has 1 heterocycles. The minimum Gasteiger partial charge on any atom is -0.482 e. The van der Waals surface area contributed by atoms with Crippen molar-refractivity contribution in [2.75, 3.05) is 19.4 Å². The summed E-state index contributed by atoms with van der Waals surface area (Å²) in [5.74, 6) is 0.410. The number of amides is 1. The van der Waals surface area contributed by atoms with E-state index in [1.54, 1.807) is 35.0 Å². The number of benzene rings is 1. The summed E-state index contributed by atoms with van der Waals surface area (Å²) in [7, 11) is 3.57. The third-order valence-electron chi connectivity index (χ3n) is 2.87. The molecular weight excluding hydrogens is 256 g/mol. The summed E-state index contributed by atoms with van der Waals surface area (Å²) in [6, 6.07) is 7.11. The summed E-state index contributed by atoms with van der Waals surface area (Å²) in [5.41, 5.74) is 7.25. The van der Waals surface area contributed by atoms with Gasteiger partial charge in [0.15, 0.2) is 6.61 Å². The summed E-state index contributed by atoms with van der Waals surface area (Å²) in [6.07, 6.45) is 3.61. The highest BCUT2D eigenvalue weighted by Gasteiger charge is 2.11. The molecular formula is C14H18N4O2. The molecule has 1 aromatic heterocycles. The van der Waals surface area contributed by atoms with Crippen molar-refractivity contribution in [3.05, 3.63) is 42.2 Å². The van der Waals surface area contributed by atoms with Gasteiger partial charge in [-0.25, -0.2) is 0 Å². The van der Waals surface area contributed by atoms with Crippen LogP contribution in [0.1, 0.15) is 5.56 Å². The van der Waals surface area contributed by atoms with Gasteiger partial charge in [0.1, 0.15) is 5.75 Å². The Morgan fingerprint density at radius 2 is 2.20 bits per heavy atom. The van der Waals surface area contributed by atoms with E-state index in [-0.39, 0.29) is 12.5 Å². The van der Waals surface area contributed by atoms with Crippen molar-refractivity contribution in [2.45, 2.75) is 6.54 Å². The van der Waals surface area contributed by atoms with Crippen LogP contribution in [0.5, 0.6) is 5.75 Å². The van der Waals surface area contributed by atoms with Crippen LogP contribution in [-0.2, 0) is 18.4 Å². The van der Waals surface area contributed by atoms with Crippen molar-refractivity contribution in [1.82, 2.24) is 14.7 Å². The van der Waals surface area contributed by atoms with E-state index < -0.39 is 0 Å². The average molecular weight is 274 g/mol. The predicted octanol–water partition coefficient (Wildman–Crippen LogP) is 1.04. The number of nitrogens with zero attached hydrogens (tertiary/aromatic N) is 3. The molecule has 0 unspecified atom stereocenters. The molecule has 2 aromatic rings. The van der Waals surface area contributed by atoms with E-state index in [2.05, 4.69) is 5.10 Å². The summed E-state index contributed by atoms with van der Waals surface area (Å²) < 4.78 is 7.13. The van der Waals surface area contributed by atoms with Gasteiger partial charge in [-0.15, -0.1) is 0 Å². The minimum atomic E-state index is -0.114. The third kappa shape index (κ3) is 3.50. The first kappa shape index (κ1) is 13.9. The van der Waals surface area contributed by atoms with Crippen LogP contribution >= 0.6 is 0 Å². The Kier molecular flexibility index (Phi) is 4.24. The van der Waals surface area contributed by atoms with Crippen LogP contribution in [0.15, 0.2) is 36.7 Å². The van der Waals surface area contributed by atoms with Crippen LogP contribution in [-0.4, -0.2) is 34.2 Å². The molecule has 6 heteroatoms. The number of aromatic nitrogens is 2. The van der Waals surface area contributed by atoms with Crippen molar-refractivity contribution < 1.29 is 9.53 Å². The predicted molar refractivity (Wildman–Crippen MR) is 76.0 cm³/mol. The van der Waals surface area contributed by atoms with Gasteiger partial charge >= 0.3 is 0 Å². The first-order valence-electron chi connectivity index (χ1n) is 6.25. The molecule has 2 rings (SSSR count). The Morgan fingerprint density at radius 1 is 1.45 bits per heavy atom. The second-order valence-electron chi connectivity index (χ2n) is 4.60. The lowest BCUT2D eigenvalue weighted by molar-refractivity contribution is -0.132. The van der Waals surface area contributed by atoms with Crippen LogP contribution in [0.25, 0.3) is 0 Å². The number of carbonyl (C=O) groups is 1. The second-order valence-corrected chi connectivity index (χ2v) is 4.60. The number of rotatable bonds is 5. The van der Waals surface area contributed by atoms with Gasteiger partial charge < -0.3 is 15.4 Å². The topological polar surface area (TPSA) is 73.4 Å². The number of nitrogen functional groups attached to an aromatic ring is 1. The van der Waals surface area contributed by atoms with Gasteiger partial charge in [-0.3, -0.25) is 9.48 Å². The molecule has 0 aliphatic heterocycles. The highest BCUT2D eigenvalue weighted by molar-refractivity contribution is 5.77. The van der Waals surface area contributed by atoms with E-state index in [0.29, 0.717) is 18.0 Å². The van der Waals surface area contributed by atoms with Crippen molar-refractivity contribution in [3.8, 4) is 5.75 Å². The average Bonchev–Trinajstić information content (AvgIpc) is 2.82. The van der Waals surface area contributed by atoms with Crippen LogP contribution in [0.3, 0.4) is 0 Å². The van der Waals surface area contributed by atoms with E-state index in [1.807, 2.05) is 25.4 Å². The molecule has 0 saturated heterocycles. The standard InChI is InChI=1S/C14H18N4O2/c1-17(8-11-7-16-18(2)9-11)14(19)10-20-13-6-4-3-5-12(13)15/h3-7,9H,8,10,15H2,1-2H3. The lowest BCUT2D eigenvalue weighted by atomic mass is 10.3. The molecule has 0 atom stereocenters. The van der Waals surface area contributed by atoms with Gasteiger partial charge in [0.05, 0.1) is 11.9 Å². The summed E-state index contributed by atoms with van der Waals surface area (Å²) in [6.45, 7) is 0.464. The number of likely N-dealkylation sites (N-methyl/N-ethyl adjacent to an activating group) is 1. The number of carbonyl (C=O) groups excluding carboxylic acids is 1. The van der Waals surface area contributed by atoms with Crippen molar-refractivity contribution in [3.63, 3.8) is 0 Å². The van der Waals surface area contributed by atoms with E-state index in [4.69, 9.17) is 10.5 Å². The molecule has 0 fully saturated rings. The van der Waals surface area contributed by atoms with Crippen LogP contribution in [0.4, 0.5) is 5.69 Å². The SMILES string of the molecule is CN(Cc1cnn(C)c1)C(=O)COc1ccccc1N. The number of nitrogens with two attached hydrogens (primary N) is 1. The molecule has 0 aliphatic carbocycles. The van der Waals surface area contributed by atoms with Gasteiger partial charge in [-0.2, -0.15) is 5.10 Å². The van der Waals surface area contributed by atoms with E-state index in [0.717, 1.165) is 5.56 Å². The maximum atomic E-state index is 12.0. The number of ether oxygens (including phenoxy) is 1. The molecule has 0 bridgehead atoms. The van der Waals surface area contributed by atoms with Gasteiger partial charge in [-0.05, 0) is 12.1 Å². The second kappa shape index (κ2) is 6.10. The monoisotopic (exact) mass is 274 g/mol. The van der Waals surface area contributed by atoms with Crippen molar-refractivity contribution in [1.29, 1.82) is 0 Å². The van der Waals surface area contributed by atoms with Crippen LogP contribution in [0, 0.1) is 0 Å². The fraction of sp³-hybridized carbons (Fsp3) is 0.286. The maximum absolute atomic E-state index is 12.0. The smallest absolute Gasteiger partial charge is 0.260 e. The molecule has 1 aromatic carbocycles. The largest absolute Gasteiger partial charge is 0.482 e. The van der Waals surface area contributed by atoms with Crippen LogP contribution < -0.4 is 10.5 Å². The maximum Gasteiger partial charge on any atom is 0.260 e. The Labute approximate surface area is 117 Å². The Morgan fingerprint density at radius 3 is 2.85 bits per heavy atom. The first-order chi connectivity index (χ1) is 9.56. The minimum absolute atomic E-state index is 0.0367. The number of hydrogen-bond donors (Lipinski definition) is 1. The summed E-state index contributed by atoms with van der Waals surface area (Å²) in [4.78, 5) is 13.6. The third-order valence-corrected chi connectivity index (χ3v) is 2.87. The van der Waals surface area contributed by atoms with E-state index in [1.165, 1.54) is 0 Å². The fourth-order valence-corrected chi connectivity index (χ4v) is 1.78. The molecule has 0 spiro atoms. The Balaban J connectivity index is 1.87. The lowest BCUT2D eigenvalue weighted by Crippen LogP contribution is -2.30. The molecule has 1 amide bonds. The molecule has 2 N–H and O–H groups in total. The normalized spacial score (nSPS) is 10.3. The van der Waals surface area contributed by atoms with Crippen molar-refractivity contribution >= 4 is 11.6 Å². The molecule has 6 nitrogen and oxygen atoms in total. The summed E-state index contributed by atoms with van der Waals surface area (Å²) >= 11 is 0. The summed E-state index contributed by atoms with van der Waals surface area (Å²) in [5, 5.41) is 4.07. The van der Waals surface area contributed by atoms with Crippen LogP contribution in [0.2, 0.25) is 0 Å². The molecule has 0 aliphatic rings. The van der Waals surface area contributed by atoms with Crippen molar-refractivity contribution in [2.24, 2.45) is 7.05 Å². The number of hydrogen-bond acceptors (Lipinski definition) is 4. The van der Waals surface area contributed by atoms with Gasteiger partial charge in [-0.1, -0.05) is 12.1 Å². The lowest BCUT2D eigenvalue weighted by Gasteiger charge is -2.17. The molecule has 0 saturated carbocycles. The molecule has 106 valence electrons. The number of aryl methyl sites for hydroxylation is 1. The molecule has 20 heavy (non-hydrogen) atoms. The quantitative estimate of drug-likeness (QED) is 0.827. The van der Waals surface area contributed by atoms with E-state index >= 15 is 0 Å². The highest BCUT2D eigenvalue weighted by Crippen LogP contribution is 2.19. The number of para-hydroxylation sites is 2. The number of anilines is 1. The Bertz CT molecular complexity index is 594. The highest BCUT2D eigenvalue weighted by atomic mass is 16.5. The molecule has 0 radical (unpaired) electrons.